The predicted molar refractivity (Wildman–Crippen MR) is 82.9 cm³/mol. The van der Waals surface area contributed by atoms with Crippen molar-refractivity contribution in [1.82, 2.24) is 9.78 Å². The fraction of sp³-hybridized carbons (Fsp3) is 0.125. The summed E-state index contributed by atoms with van der Waals surface area (Å²) < 4.78 is 28.4. The third kappa shape index (κ3) is 2.33. The Morgan fingerprint density at radius 3 is 2.91 bits per heavy atom. The van der Waals surface area contributed by atoms with Crippen LogP contribution in [0.2, 0.25) is 0 Å². The summed E-state index contributed by atoms with van der Waals surface area (Å²) in [6, 6.07) is 5.23. The first-order valence-corrected chi connectivity index (χ1v) is 7.93. The zero-order valence-corrected chi connectivity index (χ0v) is 12.6. The van der Waals surface area contributed by atoms with Gasteiger partial charge in [0.2, 0.25) is 5.91 Å². The van der Waals surface area contributed by atoms with Crippen molar-refractivity contribution in [2.45, 2.75) is 12.3 Å². The standard InChI is InChI=1S/C16H11F2N3OS/c17-10-1-2-14(13(18)5-10)21-16-12(7-19-21)11(6-15(22)20-16)9-3-4-23-8-9/h1-5,7-8,11H,6H2,(H,20,22). The normalized spacial score (nSPS) is 17.0. The highest BCUT2D eigenvalue weighted by Crippen LogP contribution is 2.38. The maximum atomic E-state index is 14.0. The van der Waals surface area contributed by atoms with Crippen molar-refractivity contribution in [3.05, 3.63) is 64.0 Å². The molecule has 0 saturated carbocycles. The second-order valence-electron chi connectivity index (χ2n) is 5.32. The number of thiophene rings is 1. The van der Waals surface area contributed by atoms with Crippen molar-refractivity contribution in [3.8, 4) is 5.69 Å². The van der Waals surface area contributed by atoms with Gasteiger partial charge in [-0.3, -0.25) is 4.79 Å². The third-order valence-corrected chi connectivity index (χ3v) is 4.61. The summed E-state index contributed by atoms with van der Waals surface area (Å²) in [6.07, 6.45) is 1.95. The Labute approximate surface area is 134 Å². The van der Waals surface area contributed by atoms with Crippen molar-refractivity contribution in [2.24, 2.45) is 0 Å². The molecule has 4 rings (SSSR count). The lowest BCUT2D eigenvalue weighted by molar-refractivity contribution is -0.116. The molecule has 23 heavy (non-hydrogen) atoms. The molecule has 0 fully saturated rings. The summed E-state index contributed by atoms with van der Waals surface area (Å²) in [5, 5.41) is 10.9. The molecule has 0 aliphatic carbocycles. The number of carbonyl (C=O) groups excluding carboxylic acids is 1. The summed E-state index contributed by atoms with van der Waals surface area (Å²) in [7, 11) is 0. The average Bonchev–Trinajstić information content (AvgIpc) is 3.16. The first-order valence-electron chi connectivity index (χ1n) is 6.99. The number of benzene rings is 1. The molecule has 0 bridgehead atoms. The molecular formula is C16H11F2N3OS. The van der Waals surface area contributed by atoms with E-state index < -0.39 is 11.6 Å². The highest BCUT2D eigenvalue weighted by molar-refractivity contribution is 7.08. The molecule has 0 radical (unpaired) electrons. The molecular weight excluding hydrogens is 320 g/mol. The first kappa shape index (κ1) is 14.1. The molecule has 116 valence electrons. The van der Waals surface area contributed by atoms with Crippen molar-refractivity contribution < 1.29 is 13.6 Å². The number of hydrogen-bond acceptors (Lipinski definition) is 3. The lowest BCUT2D eigenvalue weighted by Crippen LogP contribution is -2.24. The van der Waals surface area contributed by atoms with Gasteiger partial charge in [0.1, 0.15) is 17.3 Å². The number of amides is 1. The number of rotatable bonds is 2. The van der Waals surface area contributed by atoms with E-state index in [2.05, 4.69) is 10.4 Å². The van der Waals surface area contributed by atoms with E-state index in [1.54, 1.807) is 17.5 Å². The van der Waals surface area contributed by atoms with Crippen LogP contribution in [-0.2, 0) is 4.79 Å². The number of anilines is 1. The van der Waals surface area contributed by atoms with Crippen LogP contribution in [0.15, 0.2) is 41.2 Å². The van der Waals surface area contributed by atoms with Crippen molar-refractivity contribution in [2.75, 3.05) is 5.32 Å². The van der Waals surface area contributed by atoms with E-state index in [1.807, 2.05) is 16.8 Å². The van der Waals surface area contributed by atoms with Crippen LogP contribution in [0.4, 0.5) is 14.6 Å². The lowest BCUT2D eigenvalue weighted by atomic mass is 9.89. The van der Waals surface area contributed by atoms with Crippen LogP contribution in [0.1, 0.15) is 23.5 Å². The molecule has 3 aromatic rings. The van der Waals surface area contributed by atoms with Gasteiger partial charge in [-0.2, -0.15) is 16.4 Å². The van der Waals surface area contributed by atoms with Crippen LogP contribution in [0.5, 0.6) is 0 Å². The first-order chi connectivity index (χ1) is 11.1. The van der Waals surface area contributed by atoms with Gasteiger partial charge in [0.05, 0.1) is 6.20 Å². The molecule has 1 N–H and O–H groups in total. The number of hydrogen-bond donors (Lipinski definition) is 1. The Morgan fingerprint density at radius 2 is 2.17 bits per heavy atom. The van der Waals surface area contributed by atoms with Gasteiger partial charge in [-0.05, 0) is 34.5 Å². The minimum Gasteiger partial charge on any atom is -0.310 e. The maximum Gasteiger partial charge on any atom is 0.226 e. The molecule has 1 atom stereocenters. The summed E-state index contributed by atoms with van der Waals surface area (Å²) >= 11 is 1.56. The molecule has 0 saturated heterocycles. The van der Waals surface area contributed by atoms with E-state index in [-0.39, 0.29) is 17.5 Å². The Kier molecular flexibility index (Phi) is 3.23. The molecule has 2 aromatic heterocycles. The van der Waals surface area contributed by atoms with Crippen molar-refractivity contribution in [3.63, 3.8) is 0 Å². The number of nitrogens with zero attached hydrogens (tertiary/aromatic N) is 2. The summed E-state index contributed by atoms with van der Waals surface area (Å²) in [4.78, 5) is 12.0. The Morgan fingerprint density at radius 1 is 1.30 bits per heavy atom. The fourth-order valence-electron chi connectivity index (χ4n) is 2.83. The van der Waals surface area contributed by atoms with Crippen LogP contribution < -0.4 is 5.32 Å². The SMILES string of the molecule is O=C1CC(c2ccsc2)c2cnn(-c3ccc(F)cc3F)c2N1. The minimum absolute atomic E-state index is 0.0962. The van der Waals surface area contributed by atoms with E-state index >= 15 is 0 Å². The van der Waals surface area contributed by atoms with Crippen molar-refractivity contribution in [1.29, 1.82) is 0 Å². The zero-order valence-electron chi connectivity index (χ0n) is 11.8. The van der Waals surface area contributed by atoms with Gasteiger partial charge >= 0.3 is 0 Å². The number of carbonyl (C=O) groups is 1. The molecule has 1 amide bonds. The van der Waals surface area contributed by atoms with Crippen LogP contribution >= 0.6 is 11.3 Å². The lowest BCUT2D eigenvalue weighted by Gasteiger charge is -2.23. The molecule has 1 aliphatic rings. The quantitative estimate of drug-likeness (QED) is 0.778. The smallest absolute Gasteiger partial charge is 0.226 e. The fourth-order valence-corrected chi connectivity index (χ4v) is 3.54. The molecule has 3 heterocycles. The molecule has 0 spiro atoms. The summed E-state index contributed by atoms with van der Waals surface area (Å²) in [5.41, 5.74) is 1.95. The number of aromatic nitrogens is 2. The Bertz CT molecular complexity index is 889. The van der Waals surface area contributed by atoms with Crippen LogP contribution in [0.3, 0.4) is 0 Å². The average molecular weight is 331 g/mol. The molecule has 1 unspecified atom stereocenters. The monoisotopic (exact) mass is 331 g/mol. The van der Waals surface area contributed by atoms with Gasteiger partial charge in [-0.25, -0.2) is 13.5 Å². The van der Waals surface area contributed by atoms with E-state index in [9.17, 15) is 13.6 Å². The van der Waals surface area contributed by atoms with Gasteiger partial charge in [-0.1, -0.05) is 0 Å². The largest absolute Gasteiger partial charge is 0.310 e. The van der Waals surface area contributed by atoms with Gasteiger partial charge < -0.3 is 5.32 Å². The molecule has 1 aliphatic heterocycles. The maximum absolute atomic E-state index is 14.0. The van der Waals surface area contributed by atoms with Gasteiger partial charge in [0.25, 0.3) is 0 Å². The zero-order chi connectivity index (χ0) is 16.0. The Hall–Kier alpha value is -2.54. The predicted octanol–water partition coefficient (Wildman–Crippen LogP) is 3.69. The number of nitrogens with one attached hydrogen (secondary N) is 1. The van der Waals surface area contributed by atoms with E-state index in [1.165, 1.54) is 10.7 Å². The van der Waals surface area contributed by atoms with Crippen LogP contribution in [0.25, 0.3) is 5.69 Å². The van der Waals surface area contributed by atoms with Gasteiger partial charge in [0, 0.05) is 24.0 Å². The Balaban J connectivity index is 1.85. The van der Waals surface area contributed by atoms with E-state index in [4.69, 9.17) is 0 Å². The molecule has 1 aromatic carbocycles. The van der Waals surface area contributed by atoms with Gasteiger partial charge in [0.15, 0.2) is 5.82 Å². The number of halogens is 2. The van der Waals surface area contributed by atoms with E-state index in [0.717, 1.165) is 23.3 Å². The number of fused-ring (bicyclic) bond motifs is 1. The molecule has 4 nitrogen and oxygen atoms in total. The topological polar surface area (TPSA) is 46.9 Å². The highest BCUT2D eigenvalue weighted by atomic mass is 32.1. The summed E-state index contributed by atoms with van der Waals surface area (Å²) in [6.45, 7) is 0. The third-order valence-electron chi connectivity index (χ3n) is 3.90. The second-order valence-corrected chi connectivity index (χ2v) is 6.10. The van der Waals surface area contributed by atoms with Crippen LogP contribution in [0, 0.1) is 11.6 Å². The van der Waals surface area contributed by atoms with Crippen molar-refractivity contribution >= 4 is 23.1 Å². The van der Waals surface area contributed by atoms with E-state index in [0.29, 0.717) is 12.2 Å². The van der Waals surface area contributed by atoms with Gasteiger partial charge in [-0.15, -0.1) is 0 Å². The highest BCUT2D eigenvalue weighted by Gasteiger charge is 2.31. The van der Waals surface area contributed by atoms with Crippen LogP contribution in [-0.4, -0.2) is 15.7 Å². The summed E-state index contributed by atoms with van der Waals surface area (Å²) in [5.74, 6) is -1.22. The molecule has 7 heteroatoms. The second kappa shape index (κ2) is 5.27. The minimum atomic E-state index is -0.734.